The Hall–Kier alpha value is -3.41. The van der Waals surface area contributed by atoms with E-state index < -0.39 is 0 Å². The Balaban J connectivity index is 1.70. The average molecular weight is 504 g/mol. The molecule has 0 N–H and O–H groups in total. The molecule has 6 heteroatoms. The Morgan fingerprint density at radius 2 is 1.62 bits per heavy atom. The summed E-state index contributed by atoms with van der Waals surface area (Å²) in [5, 5.41) is 0. The number of Topliss-reactive ketones (excluding diaryl/α,β-unsaturated/α-hetero) is 1. The zero-order chi connectivity index (χ0) is 26.3. The number of ether oxygens (including phenoxy) is 4. The quantitative estimate of drug-likeness (QED) is 0.452. The molecule has 5 rings (SSSR count). The van der Waals surface area contributed by atoms with Gasteiger partial charge in [-0.25, -0.2) is 0 Å². The largest absolute Gasteiger partial charge is 0.493 e. The van der Waals surface area contributed by atoms with Gasteiger partial charge in [0.25, 0.3) is 0 Å². The van der Waals surface area contributed by atoms with Gasteiger partial charge in [0.1, 0.15) is 0 Å². The topological polar surface area (TPSA) is 57.2 Å². The minimum atomic E-state index is -0.168. The smallest absolute Gasteiger partial charge is 0.162 e. The van der Waals surface area contributed by atoms with Crippen molar-refractivity contribution < 1.29 is 23.7 Å². The molecule has 0 bridgehead atoms. The number of benzene rings is 2. The fraction of sp³-hybridized carbons (Fsp3) is 0.452. The Bertz CT molecular complexity index is 1290. The maximum atomic E-state index is 13.7. The molecule has 1 atom stereocenters. The van der Waals surface area contributed by atoms with Crippen LogP contribution < -0.4 is 18.9 Å². The number of methoxy groups -OCH3 is 2. The molecule has 0 unspecified atom stereocenters. The fourth-order valence-electron chi connectivity index (χ4n) is 5.99. The fourth-order valence-corrected chi connectivity index (χ4v) is 5.99. The van der Waals surface area contributed by atoms with Gasteiger partial charge in [-0.1, -0.05) is 19.9 Å². The third-order valence-electron chi connectivity index (χ3n) is 7.57. The van der Waals surface area contributed by atoms with Crippen LogP contribution in [0.4, 0.5) is 0 Å². The van der Waals surface area contributed by atoms with Crippen molar-refractivity contribution in [2.45, 2.75) is 52.9 Å². The van der Waals surface area contributed by atoms with Gasteiger partial charge in [0.15, 0.2) is 28.8 Å². The van der Waals surface area contributed by atoms with E-state index >= 15 is 0 Å². The lowest BCUT2D eigenvalue weighted by molar-refractivity contribution is -0.118. The summed E-state index contributed by atoms with van der Waals surface area (Å²) in [6.45, 7) is 10.3. The van der Waals surface area contributed by atoms with Crippen LogP contribution in [0.5, 0.6) is 23.0 Å². The highest BCUT2D eigenvalue weighted by atomic mass is 16.5. The molecule has 2 aliphatic heterocycles. The van der Waals surface area contributed by atoms with E-state index in [-0.39, 0.29) is 17.1 Å². The van der Waals surface area contributed by atoms with Gasteiger partial charge in [-0.3, -0.25) is 4.79 Å². The van der Waals surface area contributed by atoms with Crippen LogP contribution in [0, 0.1) is 5.41 Å². The number of hydrogen-bond acceptors (Lipinski definition) is 6. The molecule has 0 radical (unpaired) electrons. The number of carbonyl (C=O) groups is 1. The first-order chi connectivity index (χ1) is 17.8. The number of hydrogen-bond donors (Lipinski definition) is 0. The van der Waals surface area contributed by atoms with E-state index in [0.29, 0.717) is 31.1 Å². The van der Waals surface area contributed by atoms with E-state index in [9.17, 15) is 4.79 Å². The van der Waals surface area contributed by atoms with Gasteiger partial charge in [-0.15, -0.1) is 0 Å². The summed E-state index contributed by atoms with van der Waals surface area (Å²) >= 11 is 0. The van der Waals surface area contributed by atoms with Crippen molar-refractivity contribution >= 4 is 11.5 Å². The predicted octanol–water partition coefficient (Wildman–Crippen LogP) is 6.14. The number of rotatable bonds is 7. The zero-order valence-corrected chi connectivity index (χ0v) is 22.8. The molecule has 0 aromatic heterocycles. The third kappa shape index (κ3) is 4.47. The molecular formula is C31H37NO5. The summed E-state index contributed by atoms with van der Waals surface area (Å²) < 4.78 is 23.0. The first-order valence-corrected chi connectivity index (χ1v) is 13.2. The van der Waals surface area contributed by atoms with Gasteiger partial charge >= 0.3 is 0 Å². The van der Waals surface area contributed by atoms with Crippen LogP contribution in [0.2, 0.25) is 0 Å². The van der Waals surface area contributed by atoms with E-state index in [4.69, 9.17) is 18.9 Å². The lowest BCUT2D eigenvalue weighted by atomic mass is 9.69. The van der Waals surface area contributed by atoms with Crippen LogP contribution in [0.15, 0.2) is 47.7 Å². The van der Waals surface area contributed by atoms with Crippen LogP contribution in [-0.4, -0.2) is 44.7 Å². The van der Waals surface area contributed by atoms with Gasteiger partial charge in [0, 0.05) is 41.4 Å². The molecule has 6 nitrogen and oxygen atoms in total. The minimum absolute atomic E-state index is 0.0872. The highest BCUT2D eigenvalue weighted by Crippen LogP contribution is 2.51. The number of nitrogens with zero attached hydrogens (tertiary/aromatic N) is 1. The summed E-state index contributed by atoms with van der Waals surface area (Å²) in [7, 11) is 3.34. The van der Waals surface area contributed by atoms with Crippen molar-refractivity contribution in [1.29, 1.82) is 0 Å². The average Bonchev–Trinajstić information content (AvgIpc) is 2.87. The van der Waals surface area contributed by atoms with Gasteiger partial charge < -0.3 is 23.8 Å². The van der Waals surface area contributed by atoms with Crippen LogP contribution in [-0.2, 0) is 11.2 Å². The van der Waals surface area contributed by atoms with E-state index in [1.54, 1.807) is 14.2 Å². The van der Waals surface area contributed by atoms with E-state index in [2.05, 4.69) is 43.0 Å². The molecule has 0 fully saturated rings. The molecular weight excluding hydrogens is 466 g/mol. The van der Waals surface area contributed by atoms with Crippen molar-refractivity contribution in [3.63, 3.8) is 0 Å². The lowest BCUT2D eigenvalue weighted by Gasteiger charge is -2.46. The van der Waals surface area contributed by atoms with Crippen LogP contribution in [0.3, 0.4) is 0 Å². The number of allylic oxidation sites excluding steroid dienone is 3. The van der Waals surface area contributed by atoms with Crippen LogP contribution in [0.1, 0.15) is 63.1 Å². The molecule has 2 aromatic carbocycles. The molecule has 2 heterocycles. The lowest BCUT2D eigenvalue weighted by Crippen LogP contribution is -2.40. The summed E-state index contributed by atoms with van der Waals surface area (Å²) in [4.78, 5) is 16.1. The monoisotopic (exact) mass is 503 g/mol. The molecule has 2 aromatic rings. The third-order valence-corrected chi connectivity index (χ3v) is 7.57. The Kier molecular flexibility index (Phi) is 6.69. The normalized spacial score (nSPS) is 19.9. The van der Waals surface area contributed by atoms with Gasteiger partial charge in [-0.05, 0) is 73.6 Å². The molecule has 37 heavy (non-hydrogen) atoms. The molecule has 3 aliphatic rings. The van der Waals surface area contributed by atoms with Crippen molar-refractivity contribution in [3.8, 4) is 23.0 Å². The van der Waals surface area contributed by atoms with Crippen molar-refractivity contribution in [2.24, 2.45) is 5.41 Å². The Morgan fingerprint density at radius 3 is 2.32 bits per heavy atom. The van der Waals surface area contributed by atoms with Gasteiger partial charge in [0.05, 0.1) is 27.4 Å². The SMILES string of the molecule is CCOc1ccc([C@H]2C=C3c4cc(OC)c(OC)cc4CCN3C3=C2C(=O)CC(C)(C)C3)cc1OCC. The molecule has 0 saturated carbocycles. The van der Waals surface area contributed by atoms with Crippen molar-refractivity contribution in [1.82, 2.24) is 4.90 Å². The predicted molar refractivity (Wildman–Crippen MR) is 145 cm³/mol. The van der Waals surface area contributed by atoms with E-state index in [1.807, 2.05) is 26.0 Å². The summed E-state index contributed by atoms with van der Waals surface area (Å²) in [6.07, 6.45) is 4.54. The highest BCUT2D eigenvalue weighted by Gasteiger charge is 2.43. The van der Waals surface area contributed by atoms with Crippen molar-refractivity contribution in [3.05, 3.63) is 64.4 Å². The zero-order valence-electron chi connectivity index (χ0n) is 22.8. The van der Waals surface area contributed by atoms with E-state index in [1.165, 1.54) is 5.56 Å². The summed E-state index contributed by atoms with van der Waals surface area (Å²) in [6, 6.07) is 10.2. The second-order valence-electron chi connectivity index (χ2n) is 10.7. The van der Waals surface area contributed by atoms with Crippen LogP contribution in [0.25, 0.3) is 5.70 Å². The summed E-state index contributed by atoms with van der Waals surface area (Å²) in [5.74, 6) is 2.95. The van der Waals surface area contributed by atoms with Gasteiger partial charge in [-0.2, -0.15) is 0 Å². The maximum absolute atomic E-state index is 13.7. The highest BCUT2D eigenvalue weighted by molar-refractivity contribution is 6.01. The second kappa shape index (κ2) is 9.81. The number of carbonyl (C=O) groups excluding carboxylic acids is 1. The van der Waals surface area contributed by atoms with Crippen LogP contribution >= 0.6 is 0 Å². The molecule has 0 amide bonds. The first-order valence-electron chi connectivity index (χ1n) is 13.2. The van der Waals surface area contributed by atoms with E-state index in [0.717, 1.165) is 59.0 Å². The Morgan fingerprint density at radius 1 is 0.919 bits per heavy atom. The standard InChI is InChI=1S/C31H37NO5/c1-7-36-26-10-9-19(14-29(26)37-8-2)22-15-23-21-16-28(35-6)27(34-5)13-20(21)11-12-32(23)24-17-31(3,4)18-25(33)30(22)24/h9-10,13-16,22H,7-8,11-12,17-18H2,1-6H3/t22-/m1/s1. The molecule has 1 aliphatic carbocycles. The molecule has 196 valence electrons. The second-order valence-corrected chi connectivity index (χ2v) is 10.7. The van der Waals surface area contributed by atoms with Gasteiger partial charge in [0.2, 0.25) is 0 Å². The molecule has 0 spiro atoms. The maximum Gasteiger partial charge on any atom is 0.162 e. The first kappa shape index (κ1) is 25.2. The number of ketones is 1. The number of fused-ring (bicyclic) bond motifs is 4. The Labute approximate surface area is 219 Å². The molecule has 0 saturated heterocycles. The summed E-state index contributed by atoms with van der Waals surface area (Å²) in [5.41, 5.74) is 6.50. The van der Waals surface area contributed by atoms with Crippen molar-refractivity contribution in [2.75, 3.05) is 34.0 Å². The minimum Gasteiger partial charge on any atom is -0.493 e.